The molecular weight excluding hydrogens is 228 g/mol. The molecule has 0 aliphatic carbocycles. The minimum atomic E-state index is 1.01. The summed E-state index contributed by atoms with van der Waals surface area (Å²) in [5.74, 6) is 1.25. The van der Waals surface area contributed by atoms with Crippen LogP contribution in [-0.4, -0.2) is 32.1 Å². The van der Waals surface area contributed by atoms with Crippen molar-refractivity contribution in [3.63, 3.8) is 0 Å². The Balaban J connectivity index is 1.82. The number of hydrogen-bond acceptors (Lipinski definition) is 3. The highest BCUT2D eigenvalue weighted by Crippen LogP contribution is 2.27. The smallest absolute Gasteiger partial charge is 0.0397 e. The molecule has 0 saturated carbocycles. The fourth-order valence-electron chi connectivity index (χ4n) is 2.30. The molecule has 0 bridgehead atoms. The standard InChI is InChI=1S/C14H22N2S/c1-16-8-6-13-10-12(4-5-14(13)16)11-15-7-3-9-17-2/h4-5,10,15H,3,6-9,11H2,1-2H3. The second-order valence-corrected chi connectivity index (χ2v) is 5.64. The van der Waals surface area contributed by atoms with Crippen LogP contribution in [0.15, 0.2) is 18.2 Å². The van der Waals surface area contributed by atoms with E-state index in [1.807, 2.05) is 11.8 Å². The number of benzene rings is 1. The zero-order valence-electron chi connectivity index (χ0n) is 10.8. The number of hydrogen-bond donors (Lipinski definition) is 1. The van der Waals surface area contributed by atoms with Crippen LogP contribution in [0.1, 0.15) is 17.5 Å². The number of thioether (sulfide) groups is 1. The fourth-order valence-corrected chi connectivity index (χ4v) is 2.74. The highest BCUT2D eigenvalue weighted by atomic mass is 32.2. The third-order valence-corrected chi connectivity index (χ3v) is 4.00. The van der Waals surface area contributed by atoms with Crippen molar-refractivity contribution in [3.05, 3.63) is 29.3 Å². The van der Waals surface area contributed by atoms with Crippen LogP contribution in [0.3, 0.4) is 0 Å². The summed E-state index contributed by atoms with van der Waals surface area (Å²) in [4.78, 5) is 2.34. The molecule has 0 spiro atoms. The molecule has 1 aliphatic rings. The molecule has 0 aromatic heterocycles. The molecule has 1 N–H and O–H groups in total. The summed E-state index contributed by atoms with van der Waals surface area (Å²) in [6.45, 7) is 3.29. The van der Waals surface area contributed by atoms with Gasteiger partial charge in [0.15, 0.2) is 0 Å². The van der Waals surface area contributed by atoms with Gasteiger partial charge in [-0.1, -0.05) is 12.1 Å². The average molecular weight is 250 g/mol. The molecule has 0 saturated heterocycles. The van der Waals surface area contributed by atoms with Crippen molar-refractivity contribution in [2.75, 3.05) is 37.0 Å². The van der Waals surface area contributed by atoms with Gasteiger partial charge in [0, 0.05) is 25.8 Å². The molecule has 1 aromatic rings. The molecule has 0 amide bonds. The molecule has 1 aliphatic heterocycles. The van der Waals surface area contributed by atoms with Crippen LogP contribution in [0.5, 0.6) is 0 Å². The SMILES string of the molecule is CSCCCNCc1ccc2c(c1)CCN2C. The summed E-state index contributed by atoms with van der Waals surface area (Å²) < 4.78 is 0. The Bertz CT molecular complexity index is 365. The Morgan fingerprint density at radius 3 is 3.12 bits per heavy atom. The van der Waals surface area contributed by atoms with Crippen molar-refractivity contribution in [1.29, 1.82) is 0 Å². The summed E-state index contributed by atoms with van der Waals surface area (Å²) in [5.41, 5.74) is 4.34. The van der Waals surface area contributed by atoms with Gasteiger partial charge in [0.2, 0.25) is 0 Å². The first kappa shape index (κ1) is 12.8. The minimum Gasteiger partial charge on any atom is -0.374 e. The Labute approximate surface area is 109 Å². The monoisotopic (exact) mass is 250 g/mol. The van der Waals surface area contributed by atoms with Crippen LogP contribution in [-0.2, 0) is 13.0 Å². The number of rotatable bonds is 6. The van der Waals surface area contributed by atoms with Crippen molar-refractivity contribution in [2.24, 2.45) is 0 Å². The number of nitrogens with zero attached hydrogens (tertiary/aromatic N) is 1. The van der Waals surface area contributed by atoms with Gasteiger partial charge < -0.3 is 10.2 Å². The lowest BCUT2D eigenvalue weighted by atomic mass is 10.1. The van der Waals surface area contributed by atoms with Crippen molar-refractivity contribution >= 4 is 17.4 Å². The molecule has 17 heavy (non-hydrogen) atoms. The predicted molar refractivity (Wildman–Crippen MR) is 78.1 cm³/mol. The number of fused-ring (bicyclic) bond motifs is 1. The van der Waals surface area contributed by atoms with Gasteiger partial charge in [-0.15, -0.1) is 0 Å². The molecule has 1 aromatic carbocycles. The molecular formula is C14H22N2S. The lowest BCUT2D eigenvalue weighted by molar-refractivity contribution is 0.679. The molecule has 3 heteroatoms. The maximum Gasteiger partial charge on any atom is 0.0397 e. The van der Waals surface area contributed by atoms with E-state index in [9.17, 15) is 0 Å². The van der Waals surface area contributed by atoms with E-state index in [2.05, 4.69) is 41.7 Å². The van der Waals surface area contributed by atoms with Crippen LogP contribution in [0.25, 0.3) is 0 Å². The van der Waals surface area contributed by atoms with Crippen molar-refractivity contribution in [3.8, 4) is 0 Å². The van der Waals surface area contributed by atoms with Gasteiger partial charge in [-0.05, 0) is 48.6 Å². The van der Waals surface area contributed by atoms with Crippen molar-refractivity contribution in [1.82, 2.24) is 5.32 Å². The van der Waals surface area contributed by atoms with Crippen LogP contribution in [0.2, 0.25) is 0 Å². The van der Waals surface area contributed by atoms with E-state index in [1.165, 1.54) is 42.0 Å². The van der Waals surface area contributed by atoms with Crippen LogP contribution < -0.4 is 10.2 Å². The molecule has 2 rings (SSSR count). The third kappa shape index (κ3) is 3.39. The molecule has 0 radical (unpaired) electrons. The third-order valence-electron chi connectivity index (χ3n) is 3.30. The van der Waals surface area contributed by atoms with Gasteiger partial charge >= 0.3 is 0 Å². The molecule has 1 heterocycles. The lowest BCUT2D eigenvalue weighted by Crippen LogP contribution is -2.15. The summed E-state index contributed by atoms with van der Waals surface area (Å²) >= 11 is 1.92. The summed E-state index contributed by atoms with van der Waals surface area (Å²) in [5, 5.41) is 3.51. The van der Waals surface area contributed by atoms with Gasteiger partial charge in [0.25, 0.3) is 0 Å². The van der Waals surface area contributed by atoms with Crippen LogP contribution in [0, 0.1) is 0 Å². The normalized spacial score (nSPS) is 14.1. The zero-order chi connectivity index (χ0) is 12.1. The van der Waals surface area contributed by atoms with Gasteiger partial charge in [-0.2, -0.15) is 11.8 Å². The van der Waals surface area contributed by atoms with Crippen LogP contribution in [0.4, 0.5) is 5.69 Å². The second kappa shape index (κ2) is 6.31. The topological polar surface area (TPSA) is 15.3 Å². The van der Waals surface area contributed by atoms with Gasteiger partial charge in [0.1, 0.15) is 0 Å². The van der Waals surface area contributed by atoms with Gasteiger partial charge in [-0.25, -0.2) is 0 Å². The first-order valence-corrected chi connectivity index (χ1v) is 7.73. The summed E-state index contributed by atoms with van der Waals surface area (Å²) in [6, 6.07) is 6.88. The Morgan fingerprint density at radius 1 is 1.41 bits per heavy atom. The Hall–Kier alpha value is -0.670. The Morgan fingerprint density at radius 2 is 2.29 bits per heavy atom. The molecule has 2 nitrogen and oxygen atoms in total. The van der Waals surface area contributed by atoms with E-state index in [4.69, 9.17) is 0 Å². The van der Waals surface area contributed by atoms with E-state index < -0.39 is 0 Å². The van der Waals surface area contributed by atoms with Gasteiger partial charge in [-0.3, -0.25) is 0 Å². The highest BCUT2D eigenvalue weighted by molar-refractivity contribution is 7.98. The maximum absolute atomic E-state index is 3.51. The highest BCUT2D eigenvalue weighted by Gasteiger charge is 2.15. The fraction of sp³-hybridized carbons (Fsp3) is 0.571. The summed E-state index contributed by atoms with van der Waals surface area (Å²) in [7, 11) is 2.17. The molecule has 0 fully saturated rings. The molecule has 94 valence electrons. The summed E-state index contributed by atoms with van der Waals surface area (Å²) in [6.07, 6.45) is 4.62. The lowest BCUT2D eigenvalue weighted by Gasteiger charge is -2.12. The Kier molecular flexibility index (Phi) is 4.75. The second-order valence-electron chi connectivity index (χ2n) is 4.66. The molecule has 0 atom stereocenters. The van der Waals surface area contributed by atoms with E-state index >= 15 is 0 Å². The van der Waals surface area contributed by atoms with Crippen LogP contribution >= 0.6 is 11.8 Å². The number of likely N-dealkylation sites (N-methyl/N-ethyl adjacent to an activating group) is 1. The quantitative estimate of drug-likeness (QED) is 0.781. The van der Waals surface area contributed by atoms with E-state index in [0.29, 0.717) is 0 Å². The largest absolute Gasteiger partial charge is 0.374 e. The minimum absolute atomic E-state index is 1.01. The first-order valence-electron chi connectivity index (χ1n) is 6.34. The number of anilines is 1. The zero-order valence-corrected chi connectivity index (χ0v) is 11.6. The predicted octanol–water partition coefficient (Wildman–Crippen LogP) is 2.52. The average Bonchev–Trinajstić information content (AvgIpc) is 2.71. The van der Waals surface area contributed by atoms with E-state index in [1.54, 1.807) is 0 Å². The number of nitrogens with one attached hydrogen (secondary N) is 1. The first-order chi connectivity index (χ1) is 8.31. The maximum atomic E-state index is 3.51. The van der Waals surface area contributed by atoms with E-state index in [0.717, 1.165) is 13.1 Å². The molecule has 0 unspecified atom stereocenters. The van der Waals surface area contributed by atoms with Crippen molar-refractivity contribution < 1.29 is 0 Å². The van der Waals surface area contributed by atoms with Gasteiger partial charge in [0.05, 0.1) is 0 Å². The van der Waals surface area contributed by atoms with E-state index in [-0.39, 0.29) is 0 Å². The van der Waals surface area contributed by atoms with Crippen molar-refractivity contribution in [2.45, 2.75) is 19.4 Å².